The quantitative estimate of drug-likeness (QED) is 0.832. The van der Waals surface area contributed by atoms with Crippen LogP contribution in [-0.4, -0.2) is 49.7 Å². The van der Waals surface area contributed by atoms with Gasteiger partial charge >= 0.3 is 0 Å². The highest BCUT2D eigenvalue weighted by molar-refractivity contribution is 6.30. The van der Waals surface area contributed by atoms with Crippen LogP contribution in [0.2, 0.25) is 5.02 Å². The molecular weight excluding hydrogens is 376 g/mol. The first-order chi connectivity index (χ1) is 13.7. The monoisotopic (exact) mass is 400 g/mol. The van der Waals surface area contributed by atoms with Gasteiger partial charge in [-0.15, -0.1) is 0 Å². The zero-order chi connectivity index (χ0) is 19.3. The highest BCUT2D eigenvalue weighted by Crippen LogP contribution is 2.30. The molecule has 0 saturated carbocycles. The van der Waals surface area contributed by atoms with Crippen LogP contribution < -0.4 is 14.8 Å². The summed E-state index contributed by atoms with van der Waals surface area (Å²) in [4.78, 5) is 14.5. The first kappa shape index (κ1) is 19.1. The molecule has 1 amide bonds. The minimum Gasteiger partial charge on any atom is -0.486 e. The predicted octanol–water partition coefficient (Wildman–Crippen LogP) is 3.62. The van der Waals surface area contributed by atoms with E-state index in [0.717, 1.165) is 50.5 Å². The summed E-state index contributed by atoms with van der Waals surface area (Å²) in [7, 11) is 0. The van der Waals surface area contributed by atoms with E-state index in [0.29, 0.717) is 23.1 Å². The van der Waals surface area contributed by atoms with Crippen molar-refractivity contribution in [3.8, 4) is 11.5 Å². The second-order valence-electron chi connectivity index (χ2n) is 7.40. The lowest BCUT2D eigenvalue weighted by Gasteiger charge is -2.33. The molecule has 1 fully saturated rings. The van der Waals surface area contributed by atoms with Crippen molar-refractivity contribution < 1.29 is 14.3 Å². The Bertz CT molecular complexity index is 821. The SMILES string of the molecule is O=C(c1cccc(Cl)c1)N1CCC(CNCC2COc3ccccc3O2)CC1. The molecular formula is C22H25ClN2O3. The summed E-state index contributed by atoms with van der Waals surface area (Å²) < 4.78 is 11.7. The number of nitrogens with one attached hydrogen (secondary N) is 1. The van der Waals surface area contributed by atoms with E-state index >= 15 is 0 Å². The molecule has 148 valence electrons. The molecule has 1 atom stereocenters. The first-order valence-electron chi connectivity index (χ1n) is 9.83. The van der Waals surface area contributed by atoms with Crippen LogP contribution in [0.15, 0.2) is 48.5 Å². The van der Waals surface area contributed by atoms with E-state index in [1.807, 2.05) is 41.3 Å². The van der Waals surface area contributed by atoms with Gasteiger partial charge in [0, 0.05) is 30.2 Å². The molecule has 28 heavy (non-hydrogen) atoms. The second kappa shape index (κ2) is 8.84. The fourth-order valence-electron chi connectivity index (χ4n) is 3.76. The van der Waals surface area contributed by atoms with Crippen LogP contribution in [0.25, 0.3) is 0 Å². The van der Waals surface area contributed by atoms with Crippen molar-refractivity contribution in [1.82, 2.24) is 10.2 Å². The Kier molecular flexibility index (Phi) is 6.03. The molecule has 1 unspecified atom stereocenters. The number of piperidine rings is 1. The van der Waals surface area contributed by atoms with Crippen molar-refractivity contribution in [2.24, 2.45) is 5.92 Å². The normalized spacial score (nSPS) is 19.5. The summed E-state index contributed by atoms with van der Waals surface area (Å²) in [5.41, 5.74) is 0.666. The van der Waals surface area contributed by atoms with E-state index in [9.17, 15) is 4.79 Å². The highest BCUT2D eigenvalue weighted by atomic mass is 35.5. The number of ether oxygens (including phenoxy) is 2. The number of likely N-dealkylation sites (tertiary alicyclic amines) is 1. The highest BCUT2D eigenvalue weighted by Gasteiger charge is 2.25. The molecule has 5 nitrogen and oxygen atoms in total. The topological polar surface area (TPSA) is 50.8 Å². The van der Waals surface area contributed by atoms with Crippen LogP contribution in [0.1, 0.15) is 23.2 Å². The van der Waals surface area contributed by atoms with Gasteiger partial charge in [-0.05, 0) is 55.6 Å². The smallest absolute Gasteiger partial charge is 0.253 e. The van der Waals surface area contributed by atoms with Gasteiger partial charge in [-0.3, -0.25) is 4.79 Å². The number of para-hydroxylation sites is 2. The first-order valence-corrected chi connectivity index (χ1v) is 10.2. The fraction of sp³-hybridized carbons (Fsp3) is 0.409. The number of hydrogen-bond acceptors (Lipinski definition) is 4. The lowest BCUT2D eigenvalue weighted by atomic mass is 9.96. The Labute approximate surface area is 170 Å². The maximum Gasteiger partial charge on any atom is 0.253 e. The summed E-state index contributed by atoms with van der Waals surface area (Å²) in [5, 5.41) is 4.11. The lowest BCUT2D eigenvalue weighted by Crippen LogP contribution is -2.43. The second-order valence-corrected chi connectivity index (χ2v) is 7.84. The van der Waals surface area contributed by atoms with Crippen molar-refractivity contribution in [3.63, 3.8) is 0 Å². The fourth-order valence-corrected chi connectivity index (χ4v) is 3.95. The molecule has 1 N–H and O–H groups in total. The zero-order valence-electron chi connectivity index (χ0n) is 15.8. The molecule has 0 aromatic heterocycles. The number of fused-ring (bicyclic) bond motifs is 1. The van der Waals surface area contributed by atoms with Crippen LogP contribution >= 0.6 is 11.6 Å². The van der Waals surface area contributed by atoms with E-state index in [2.05, 4.69) is 5.32 Å². The number of amides is 1. The van der Waals surface area contributed by atoms with Gasteiger partial charge in [0.25, 0.3) is 5.91 Å². The van der Waals surface area contributed by atoms with Gasteiger partial charge in [-0.25, -0.2) is 0 Å². The maximum absolute atomic E-state index is 12.6. The Morgan fingerprint density at radius 2 is 1.86 bits per heavy atom. The zero-order valence-corrected chi connectivity index (χ0v) is 16.5. The Balaban J connectivity index is 1.19. The van der Waals surface area contributed by atoms with Gasteiger partial charge in [0.2, 0.25) is 0 Å². The number of benzene rings is 2. The van der Waals surface area contributed by atoms with E-state index in [-0.39, 0.29) is 12.0 Å². The minimum absolute atomic E-state index is 0.0272. The molecule has 2 aromatic rings. The van der Waals surface area contributed by atoms with Gasteiger partial charge in [-0.2, -0.15) is 0 Å². The lowest BCUT2D eigenvalue weighted by molar-refractivity contribution is 0.0682. The van der Waals surface area contributed by atoms with Gasteiger partial charge in [0.05, 0.1) is 0 Å². The van der Waals surface area contributed by atoms with Gasteiger partial charge in [-0.1, -0.05) is 29.8 Å². The molecule has 4 rings (SSSR count). The summed E-state index contributed by atoms with van der Waals surface area (Å²) >= 11 is 6.00. The number of carbonyl (C=O) groups excluding carboxylic acids is 1. The third-order valence-electron chi connectivity index (χ3n) is 5.35. The van der Waals surface area contributed by atoms with E-state index in [1.165, 1.54) is 0 Å². The molecule has 0 spiro atoms. The molecule has 2 heterocycles. The molecule has 1 saturated heterocycles. The molecule has 0 aliphatic carbocycles. The Morgan fingerprint density at radius 3 is 2.64 bits per heavy atom. The van der Waals surface area contributed by atoms with Crippen LogP contribution in [0.4, 0.5) is 0 Å². The summed E-state index contributed by atoms with van der Waals surface area (Å²) in [5.74, 6) is 2.27. The molecule has 2 aliphatic heterocycles. The van der Waals surface area contributed by atoms with Crippen molar-refractivity contribution in [1.29, 1.82) is 0 Å². The van der Waals surface area contributed by atoms with E-state index in [1.54, 1.807) is 12.1 Å². The summed E-state index contributed by atoms with van der Waals surface area (Å²) in [6, 6.07) is 14.9. The average Bonchev–Trinajstić information content (AvgIpc) is 2.74. The van der Waals surface area contributed by atoms with Gasteiger partial charge in [0.15, 0.2) is 11.5 Å². The number of rotatable bonds is 5. The molecule has 2 aromatic carbocycles. The average molecular weight is 401 g/mol. The van der Waals surface area contributed by atoms with Gasteiger partial charge in [0.1, 0.15) is 12.7 Å². The van der Waals surface area contributed by atoms with Crippen LogP contribution in [0, 0.1) is 5.92 Å². The Morgan fingerprint density at radius 1 is 1.07 bits per heavy atom. The van der Waals surface area contributed by atoms with Gasteiger partial charge < -0.3 is 19.7 Å². The molecule has 0 bridgehead atoms. The van der Waals surface area contributed by atoms with Crippen molar-refractivity contribution in [2.75, 3.05) is 32.8 Å². The third-order valence-corrected chi connectivity index (χ3v) is 5.58. The molecule has 2 aliphatic rings. The largest absolute Gasteiger partial charge is 0.486 e. The van der Waals surface area contributed by atoms with Crippen LogP contribution in [0.3, 0.4) is 0 Å². The standard InChI is InChI=1S/C22H25ClN2O3/c23-18-5-3-4-17(12-18)22(26)25-10-8-16(9-11-25)13-24-14-19-15-27-20-6-1-2-7-21(20)28-19/h1-7,12,16,19,24H,8-11,13-15H2. The number of halogens is 1. The van der Waals surface area contributed by atoms with Crippen molar-refractivity contribution >= 4 is 17.5 Å². The number of carbonyl (C=O) groups is 1. The Hall–Kier alpha value is -2.24. The molecule has 0 radical (unpaired) electrons. The van der Waals surface area contributed by atoms with Crippen LogP contribution in [0.5, 0.6) is 11.5 Å². The maximum atomic E-state index is 12.6. The van der Waals surface area contributed by atoms with Crippen LogP contribution in [-0.2, 0) is 0 Å². The van der Waals surface area contributed by atoms with Crippen molar-refractivity contribution in [2.45, 2.75) is 18.9 Å². The van der Waals surface area contributed by atoms with E-state index in [4.69, 9.17) is 21.1 Å². The van der Waals surface area contributed by atoms with Crippen molar-refractivity contribution in [3.05, 3.63) is 59.1 Å². The predicted molar refractivity (Wildman–Crippen MR) is 109 cm³/mol. The minimum atomic E-state index is 0.0272. The third kappa shape index (κ3) is 4.59. The number of nitrogens with zero attached hydrogens (tertiary/aromatic N) is 1. The summed E-state index contributed by atoms with van der Waals surface area (Å²) in [6.07, 6.45) is 2.04. The summed E-state index contributed by atoms with van der Waals surface area (Å²) in [6.45, 7) is 3.83. The van der Waals surface area contributed by atoms with E-state index < -0.39 is 0 Å². The molecule has 6 heteroatoms. The number of hydrogen-bond donors (Lipinski definition) is 1.